The summed E-state index contributed by atoms with van der Waals surface area (Å²) in [5.41, 5.74) is -0.298. The average molecular weight is 338 g/mol. The van der Waals surface area contributed by atoms with Crippen LogP contribution < -0.4 is 0 Å². The minimum atomic E-state index is -3.94. The maximum absolute atomic E-state index is 12.4. The van der Waals surface area contributed by atoms with Crippen LogP contribution in [-0.4, -0.2) is 62.3 Å². The molecule has 7 nitrogen and oxygen atoms in total. The van der Waals surface area contributed by atoms with E-state index >= 15 is 0 Å². The Balaban J connectivity index is 3.21. The first-order valence-electron chi connectivity index (χ1n) is 5.97. The fourth-order valence-electron chi connectivity index (χ4n) is 1.63. The predicted molar refractivity (Wildman–Crippen MR) is 76.1 cm³/mol. The standard InChI is InChI=1S/C12H16ClNO6S/c1-20-7-5-14(4-6-15)21(18,19)9-2-3-11(13)10(8-9)12(16)17/h2-3,8,15H,4-7H2,1H3,(H,16,17). The summed E-state index contributed by atoms with van der Waals surface area (Å²) in [7, 11) is -2.51. The second-order valence-electron chi connectivity index (χ2n) is 4.07. The number of hydrogen-bond acceptors (Lipinski definition) is 5. The molecule has 2 N–H and O–H groups in total. The summed E-state index contributed by atoms with van der Waals surface area (Å²) >= 11 is 5.72. The maximum Gasteiger partial charge on any atom is 0.337 e. The molecular formula is C12H16ClNO6S. The smallest absolute Gasteiger partial charge is 0.337 e. The monoisotopic (exact) mass is 337 g/mol. The zero-order valence-electron chi connectivity index (χ0n) is 11.3. The SMILES string of the molecule is COCCN(CCO)S(=O)(=O)c1ccc(Cl)c(C(=O)O)c1. The molecule has 0 spiro atoms. The number of aliphatic hydroxyl groups is 1. The molecule has 0 radical (unpaired) electrons. The lowest BCUT2D eigenvalue weighted by Gasteiger charge is -2.21. The Morgan fingerprint density at radius 3 is 2.57 bits per heavy atom. The van der Waals surface area contributed by atoms with Crippen LogP contribution in [0.3, 0.4) is 0 Å². The van der Waals surface area contributed by atoms with Crippen molar-refractivity contribution in [3.8, 4) is 0 Å². The summed E-state index contributed by atoms with van der Waals surface area (Å²) in [6, 6.07) is 3.43. The third-order valence-electron chi connectivity index (χ3n) is 2.70. The van der Waals surface area contributed by atoms with Crippen LogP contribution in [0.15, 0.2) is 23.1 Å². The molecule has 0 aromatic heterocycles. The molecule has 0 atom stereocenters. The van der Waals surface area contributed by atoms with Gasteiger partial charge >= 0.3 is 5.97 Å². The van der Waals surface area contributed by atoms with E-state index in [1.54, 1.807) is 0 Å². The Morgan fingerprint density at radius 1 is 1.38 bits per heavy atom. The molecule has 0 fully saturated rings. The number of aliphatic hydroxyl groups excluding tert-OH is 1. The molecule has 118 valence electrons. The highest BCUT2D eigenvalue weighted by Gasteiger charge is 2.25. The second kappa shape index (κ2) is 7.71. The molecule has 0 amide bonds. The normalized spacial score (nSPS) is 11.8. The molecule has 0 aliphatic heterocycles. The topological polar surface area (TPSA) is 104 Å². The molecule has 0 saturated carbocycles. The molecule has 0 bridgehead atoms. The molecule has 1 aromatic rings. The van der Waals surface area contributed by atoms with E-state index in [-0.39, 0.29) is 41.8 Å². The molecule has 1 rings (SSSR count). The molecule has 1 aromatic carbocycles. The number of carbonyl (C=O) groups is 1. The number of benzene rings is 1. The summed E-state index contributed by atoms with van der Waals surface area (Å²) in [6.45, 7) is -0.276. The van der Waals surface area contributed by atoms with Crippen molar-refractivity contribution >= 4 is 27.6 Å². The Hall–Kier alpha value is -1.19. The van der Waals surface area contributed by atoms with Crippen LogP contribution in [0, 0.1) is 0 Å². The van der Waals surface area contributed by atoms with Crippen molar-refractivity contribution < 1.29 is 28.2 Å². The van der Waals surface area contributed by atoms with Crippen molar-refractivity contribution in [2.24, 2.45) is 0 Å². The number of carboxylic acid groups (broad SMARTS) is 1. The zero-order chi connectivity index (χ0) is 16.0. The van der Waals surface area contributed by atoms with Gasteiger partial charge in [-0.1, -0.05) is 11.6 Å². The average Bonchev–Trinajstić information content (AvgIpc) is 2.43. The molecule has 0 aliphatic carbocycles. The van der Waals surface area contributed by atoms with Gasteiger partial charge in [0, 0.05) is 20.2 Å². The first-order valence-corrected chi connectivity index (χ1v) is 7.79. The highest BCUT2D eigenvalue weighted by Crippen LogP contribution is 2.23. The zero-order valence-corrected chi connectivity index (χ0v) is 12.9. The third-order valence-corrected chi connectivity index (χ3v) is 4.92. The summed E-state index contributed by atoms with van der Waals surface area (Å²) in [5.74, 6) is -1.32. The van der Waals surface area contributed by atoms with E-state index in [1.165, 1.54) is 19.2 Å². The molecule has 0 heterocycles. The Morgan fingerprint density at radius 2 is 2.05 bits per heavy atom. The van der Waals surface area contributed by atoms with Crippen molar-refractivity contribution in [3.63, 3.8) is 0 Å². The molecule has 0 unspecified atom stereocenters. The number of ether oxygens (including phenoxy) is 1. The van der Waals surface area contributed by atoms with E-state index in [4.69, 9.17) is 26.6 Å². The summed E-state index contributed by atoms with van der Waals surface area (Å²) < 4.78 is 30.7. The highest BCUT2D eigenvalue weighted by atomic mass is 35.5. The molecule has 0 aliphatic rings. The summed E-state index contributed by atoms with van der Waals surface area (Å²) in [4.78, 5) is 10.8. The van der Waals surface area contributed by atoms with Gasteiger partial charge in [-0.25, -0.2) is 13.2 Å². The van der Waals surface area contributed by atoms with Crippen molar-refractivity contribution in [2.75, 3.05) is 33.4 Å². The Bertz CT molecular complexity index is 604. The first kappa shape index (κ1) is 17.9. The third kappa shape index (κ3) is 4.39. The van der Waals surface area contributed by atoms with Gasteiger partial charge < -0.3 is 14.9 Å². The van der Waals surface area contributed by atoms with Gasteiger partial charge in [0.1, 0.15) is 0 Å². The number of methoxy groups -OCH3 is 1. The van der Waals surface area contributed by atoms with Gasteiger partial charge in [-0.15, -0.1) is 0 Å². The number of carboxylic acids is 1. The molecular weight excluding hydrogens is 322 g/mol. The number of sulfonamides is 1. The number of nitrogens with zero attached hydrogens (tertiary/aromatic N) is 1. The van der Waals surface area contributed by atoms with Crippen LogP contribution in [-0.2, 0) is 14.8 Å². The van der Waals surface area contributed by atoms with Crippen LogP contribution in [0.5, 0.6) is 0 Å². The fourth-order valence-corrected chi connectivity index (χ4v) is 3.27. The second-order valence-corrected chi connectivity index (χ2v) is 6.41. The van der Waals surface area contributed by atoms with Gasteiger partial charge in [-0.2, -0.15) is 4.31 Å². The van der Waals surface area contributed by atoms with Gasteiger partial charge in [-0.05, 0) is 18.2 Å². The van der Waals surface area contributed by atoms with E-state index in [0.717, 1.165) is 10.4 Å². The van der Waals surface area contributed by atoms with Crippen molar-refractivity contribution in [2.45, 2.75) is 4.90 Å². The minimum Gasteiger partial charge on any atom is -0.478 e. The van der Waals surface area contributed by atoms with Crippen LogP contribution in [0.2, 0.25) is 5.02 Å². The largest absolute Gasteiger partial charge is 0.478 e. The highest BCUT2D eigenvalue weighted by molar-refractivity contribution is 7.89. The quantitative estimate of drug-likeness (QED) is 0.722. The number of hydrogen-bond donors (Lipinski definition) is 2. The van der Waals surface area contributed by atoms with Gasteiger partial charge in [0.2, 0.25) is 10.0 Å². The van der Waals surface area contributed by atoms with Gasteiger partial charge in [-0.3, -0.25) is 0 Å². The Kier molecular flexibility index (Phi) is 6.56. The van der Waals surface area contributed by atoms with Gasteiger partial charge in [0.25, 0.3) is 0 Å². The fraction of sp³-hybridized carbons (Fsp3) is 0.417. The first-order chi connectivity index (χ1) is 9.84. The van der Waals surface area contributed by atoms with E-state index in [1.807, 2.05) is 0 Å². The van der Waals surface area contributed by atoms with Crippen LogP contribution in [0.4, 0.5) is 0 Å². The summed E-state index contributed by atoms with van der Waals surface area (Å²) in [5, 5.41) is 17.9. The van der Waals surface area contributed by atoms with Crippen molar-refractivity contribution in [1.82, 2.24) is 4.31 Å². The molecule has 9 heteroatoms. The van der Waals surface area contributed by atoms with Crippen LogP contribution in [0.1, 0.15) is 10.4 Å². The van der Waals surface area contributed by atoms with E-state index in [2.05, 4.69) is 0 Å². The van der Waals surface area contributed by atoms with Gasteiger partial charge in [0.05, 0.1) is 28.7 Å². The van der Waals surface area contributed by atoms with Crippen LogP contribution >= 0.6 is 11.6 Å². The van der Waals surface area contributed by atoms with E-state index < -0.39 is 16.0 Å². The minimum absolute atomic E-state index is 0.0461. The number of rotatable bonds is 8. The van der Waals surface area contributed by atoms with Gasteiger partial charge in [0.15, 0.2) is 0 Å². The number of halogens is 1. The molecule has 21 heavy (non-hydrogen) atoms. The maximum atomic E-state index is 12.4. The summed E-state index contributed by atoms with van der Waals surface area (Å²) in [6.07, 6.45) is 0. The van der Waals surface area contributed by atoms with E-state index in [0.29, 0.717) is 0 Å². The number of aromatic carboxylic acids is 1. The molecule has 0 saturated heterocycles. The Labute approximate surface area is 127 Å². The predicted octanol–water partition coefficient (Wildman–Crippen LogP) is 0.668. The van der Waals surface area contributed by atoms with Crippen molar-refractivity contribution in [3.05, 3.63) is 28.8 Å². The lowest BCUT2D eigenvalue weighted by Crippen LogP contribution is -2.36. The lowest BCUT2D eigenvalue weighted by molar-refractivity contribution is 0.0697. The van der Waals surface area contributed by atoms with Crippen molar-refractivity contribution in [1.29, 1.82) is 0 Å². The lowest BCUT2D eigenvalue weighted by atomic mass is 10.2. The van der Waals surface area contributed by atoms with E-state index in [9.17, 15) is 13.2 Å². The van der Waals surface area contributed by atoms with Crippen LogP contribution in [0.25, 0.3) is 0 Å².